The van der Waals surface area contributed by atoms with Crippen molar-refractivity contribution >= 4 is 0 Å². The monoisotopic (exact) mass is 456 g/mol. The Morgan fingerprint density at radius 2 is 1.33 bits per heavy atom. The van der Waals surface area contributed by atoms with E-state index in [9.17, 15) is 17.6 Å². The van der Waals surface area contributed by atoms with Gasteiger partial charge in [-0.3, -0.25) is 0 Å². The van der Waals surface area contributed by atoms with Crippen molar-refractivity contribution in [2.75, 3.05) is 13.2 Å². The third-order valence-corrected chi connectivity index (χ3v) is 5.91. The molecule has 1 fully saturated rings. The highest BCUT2D eigenvalue weighted by Gasteiger charge is 2.27. The third-order valence-electron chi connectivity index (χ3n) is 5.91. The fourth-order valence-electron chi connectivity index (χ4n) is 3.94. The molecule has 0 N–H and O–H groups in total. The smallest absolute Gasteiger partial charge is 0.166 e. The lowest BCUT2D eigenvalue weighted by Gasteiger charge is -2.30. The van der Waals surface area contributed by atoms with Crippen molar-refractivity contribution in [3.63, 3.8) is 0 Å². The van der Waals surface area contributed by atoms with Gasteiger partial charge in [-0.2, -0.15) is 0 Å². The largest absolute Gasteiger partial charge is 0.352 e. The van der Waals surface area contributed by atoms with E-state index in [0.29, 0.717) is 17.5 Å². The lowest BCUT2D eigenvalue weighted by atomic mass is 9.94. The first-order chi connectivity index (χ1) is 15.9. The van der Waals surface area contributed by atoms with Crippen LogP contribution in [0.15, 0.2) is 61.2 Å². The molecule has 0 aliphatic carbocycles. The van der Waals surface area contributed by atoms with Crippen molar-refractivity contribution in [2.45, 2.75) is 32.0 Å². The van der Waals surface area contributed by atoms with Crippen molar-refractivity contribution in [3.8, 4) is 22.3 Å². The van der Waals surface area contributed by atoms with Crippen LogP contribution in [0.1, 0.15) is 29.9 Å². The van der Waals surface area contributed by atoms with Crippen molar-refractivity contribution in [3.05, 3.63) is 95.6 Å². The average Bonchev–Trinajstić information content (AvgIpc) is 2.84. The standard InChI is InChI=1S/C27H24F4O2/c1-3-4-5-23-32-14-19(15-33-23)22-13-12-21(26(30)27(22)31)18-9-7-17(8-10-18)20-11-6-16(2)24(28)25(20)29/h3,6-13,19,23H,1,4-5,14-15H2,2H3. The summed E-state index contributed by atoms with van der Waals surface area (Å²) in [6.07, 6.45) is 2.82. The topological polar surface area (TPSA) is 18.5 Å². The first-order valence-corrected chi connectivity index (χ1v) is 10.8. The molecule has 0 unspecified atom stereocenters. The van der Waals surface area contributed by atoms with Crippen LogP contribution in [0, 0.1) is 30.2 Å². The molecule has 172 valence electrons. The predicted molar refractivity (Wildman–Crippen MR) is 120 cm³/mol. The molecule has 0 saturated carbocycles. The number of benzene rings is 3. The molecule has 0 radical (unpaired) electrons. The van der Waals surface area contributed by atoms with Crippen LogP contribution in [-0.2, 0) is 9.47 Å². The summed E-state index contributed by atoms with van der Waals surface area (Å²) in [5.74, 6) is -4.15. The molecule has 1 aliphatic heterocycles. The van der Waals surface area contributed by atoms with E-state index < -0.39 is 29.2 Å². The highest BCUT2D eigenvalue weighted by atomic mass is 19.2. The zero-order valence-corrected chi connectivity index (χ0v) is 18.2. The molecule has 2 nitrogen and oxygen atoms in total. The van der Waals surface area contributed by atoms with E-state index in [0.717, 1.165) is 6.42 Å². The van der Waals surface area contributed by atoms with Gasteiger partial charge in [-0.1, -0.05) is 54.6 Å². The van der Waals surface area contributed by atoms with Gasteiger partial charge in [0.2, 0.25) is 0 Å². The highest BCUT2D eigenvalue weighted by Crippen LogP contribution is 2.33. The van der Waals surface area contributed by atoms with Crippen molar-refractivity contribution in [2.24, 2.45) is 0 Å². The second-order valence-electron chi connectivity index (χ2n) is 8.12. The van der Waals surface area contributed by atoms with Crippen molar-refractivity contribution in [1.29, 1.82) is 0 Å². The molecule has 6 heteroatoms. The molecular formula is C27H24F4O2. The zero-order chi connectivity index (χ0) is 23.5. The minimum absolute atomic E-state index is 0.0832. The second-order valence-corrected chi connectivity index (χ2v) is 8.12. The molecule has 33 heavy (non-hydrogen) atoms. The van der Waals surface area contributed by atoms with Gasteiger partial charge >= 0.3 is 0 Å². The molecule has 4 rings (SSSR count). The Hall–Kier alpha value is -2.96. The molecule has 0 spiro atoms. The SMILES string of the molecule is C=CCCC1OCC(c2ccc(-c3ccc(-c4ccc(C)c(F)c4F)cc3)c(F)c2F)CO1. The molecule has 0 bridgehead atoms. The summed E-state index contributed by atoms with van der Waals surface area (Å²) < 4.78 is 69.3. The summed E-state index contributed by atoms with van der Waals surface area (Å²) in [5, 5.41) is 0. The Kier molecular flexibility index (Phi) is 6.96. The molecule has 3 aromatic carbocycles. The van der Waals surface area contributed by atoms with Crippen LogP contribution in [0.4, 0.5) is 17.6 Å². The van der Waals surface area contributed by atoms with Crippen molar-refractivity contribution in [1.82, 2.24) is 0 Å². The molecule has 1 heterocycles. The summed E-state index contributed by atoms with van der Waals surface area (Å²) in [6.45, 7) is 5.63. The number of halogens is 4. The van der Waals surface area contributed by atoms with Gasteiger partial charge in [0.05, 0.1) is 13.2 Å². The highest BCUT2D eigenvalue weighted by molar-refractivity contribution is 5.71. The van der Waals surface area contributed by atoms with E-state index in [1.165, 1.54) is 31.2 Å². The Labute approximate surface area is 190 Å². The van der Waals surface area contributed by atoms with E-state index >= 15 is 0 Å². The molecule has 0 aromatic heterocycles. The van der Waals surface area contributed by atoms with Gasteiger partial charge in [0.15, 0.2) is 29.6 Å². The Morgan fingerprint density at radius 1 is 0.788 bits per heavy atom. The van der Waals surface area contributed by atoms with Crippen LogP contribution in [0.5, 0.6) is 0 Å². The van der Waals surface area contributed by atoms with Gasteiger partial charge in [-0.15, -0.1) is 6.58 Å². The minimum Gasteiger partial charge on any atom is -0.352 e. The van der Waals surface area contributed by atoms with Gasteiger partial charge < -0.3 is 9.47 Å². The Morgan fingerprint density at radius 3 is 1.91 bits per heavy atom. The molecular weight excluding hydrogens is 432 g/mol. The quantitative estimate of drug-likeness (QED) is 0.286. The van der Waals surface area contributed by atoms with Crippen molar-refractivity contribution < 1.29 is 27.0 Å². The third kappa shape index (κ3) is 4.72. The molecule has 1 aliphatic rings. The van der Waals surface area contributed by atoms with Crippen LogP contribution < -0.4 is 0 Å². The number of hydrogen-bond acceptors (Lipinski definition) is 2. The van der Waals surface area contributed by atoms with E-state index in [1.54, 1.807) is 30.3 Å². The Balaban J connectivity index is 1.54. The fourth-order valence-corrected chi connectivity index (χ4v) is 3.94. The summed E-state index contributed by atoms with van der Waals surface area (Å²) in [6, 6.07) is 12.3. The fraction of sp³-hybridized carbons (Fsp3) is 0.259. The Bertz CT molecular complexity index is 1150. The lowest BCUT2D eigenvalue weighted by Crippen LogP contribution is -2.31. The number of rotatable bonds is 6. The first kappa shape index (κ1) is 23.2. The zero-order valence-electron chi connectivity index (χ0n) is 18.2. The molecule has 1 saturated heterocycles. The average molecular weight is 456 g/mol. The van der Waals surface area contributed by atoms with Crippen LogP contribution >= 0.6 is 0 Å². The maximum atomic E-state index is 15.0. The van der Waals surface area contributed by atoms with Gasteiger partial charge in [-0.05, 0) is 35.6 Å². The summed E-state index contributed by atoms with van der Waals surface area (Å²) in [4.78, 5) is 0. The van der Waals surface area contributed by atoms with E-state index in [-0.39, 0.29) is 41.8 Å². The summed E-state index contributed by atoms with van der Waals surface area (Å²) in [5.41, 5.74) is 1.47. The van der Waals surface area contributed by atoms with Crippen LogP contribution in [0.25, 0.3) is 22.3 Å². The molecule has 0 amide bonds. The number of hydrogen-bond donors (Lipinski definition) is 0. The predicted octanol–water partition coefficient (Wildman–Crippen LogP) is 7.31. The van der Waals surface area contributed by atoms with Gasteiger partial charge in [0, 0.05) is 23.5 Å². The number of ether oxygens (including phenoxy) is 2. The maximum absolute atomic E-state index is 15.0. The molecule has 0 atom stereocenters. The number of allylic oxidation sites excluding steroid dienone is 1. The maximum Gasteiger partial charge on any atom is 0.166 e. The van der Waals surface area contributed by atoms with E-state index in [4.69, 9.17) is 9.47 Å². The first-order valence-electron chi connectivity index (χ1n) is 10.8. The molecule has 3 aromatic rings. The summed E-state index contributed by atoms with van der Waals surface area (Å²) >= 11 is 0. The summed E-state index contributed by atoms with van der Waals surface area (Å²) in [7, 11) is 0. The van der Waals surface area contributed by atoms with Gasteiger partial charge in [0.25, 0.3) is 0 Å². The second kappa shape index (κ2) is 9.89. The van der Waals surface area contributed by atoms with Gasteiger partial charge in [0.1, 0.15) is 0 Å². The van der Waals surface area contributed by atoms with Crippen LogP contribution in [-0.4, -0.2) is 19.5 Å². The number of aryl methyl sites for hydroxylation is 1. The van der Waals surface area contributed by atoms with E-state index in [1.807, 2.05) is 0 Å². The normalized spacial score (nSPS) is 18.3. The van der Waals surface area contributed by atoms with Crippen LogP contribution in [0.2, 0.25) is 0 Å². The minimum atomic E-state index is -0.971. The van der Waals surface area contributed by atoms with Crippen LogP contribution in [0.3, 0.4) is 0 Å². The van der Waals surface area contributed by atoms with E-state index in [2.05, 4.69) is 6.58 Å². The lowest BCUT2D eigenvalue weighted by molar-refractivity contribution is -0.189. The van der Waals surface area contributed by atoms with Gasteiger partial charge in [-0.25, -0.2) is 17.6 Å².